The third kappa shape index (κ3) is 4.56. The van der Waals surface area contributed by atoms with Crippen LogP contribution in [0.15, 0.2) is 23.8 Å². The van der Waals surface area contributed by atoms with Crippen LogP contribution in [-0.4, -0.2) is 46.2 Å². The molecule has 5 nitrogen and oxygen atoms in total. The van der Waals surface area contributed by atoms with Gasteiger partial charge in [0.2, 0.25) is 0 Å². The highest BCUT2D eigenvalue weighted by Gasteiger charge is 2.50. The third-order valence-electron chi connectivity index (χ3n) is 6.02. The standard InChI is InChI=1S/C21H34O5/c1-15(2)21-13-11-19(3,24)10-6-7-16(18(23)25-5)8-9-17(22)20(4,26-21)12-14-21/h7,11,13,15,17,22,24H,6,8-10,12,14H2,1-5H3/b13-11+,16-7-/t17-,19-,20-,21-/m0/s1. The average molecular weight is 366 g/mol. The summed E-state index contributed by atoms with van der Waals surface area (Å²) < 4.78 is 11.3. The zero-order chi connectivity index (χ0) is 19.6. The summed E-state index contributed by atoms with van der Waals surface area (Å²) >= 11 is 0. The Hall–Kier alpha value is -1.17. The van der Waals surface area contributed by atoms with Gasteiger partial charge in [0, 0.05) is 5.57 Å². The van der Waals surface area contributed by atoms with Crippen molar-refractivity contribution in [3.63, 3.8) is 0 Å². The molecule has 5 heteroatoms. The van der Waals surface area contributed by atoms with Crippen molar-refractivity contribution in [1.82, 2.24) is 0 Å². The Balaban J connectivity index is 2.36. The molecule has 2 heterocycles. The molecule has 0 amide bonds. The first-order valence-corrected chi connectivity index (χ1v) is 9.62. The van der Waals surface area contributed by atoms with Crippen LogP contribution in [0.25, 0.3) is 0 Å². The van der Waals surface area contributed by atoms with Crippen molar-refractivity contribution in [3.05, 3.63) is 23.8 Å². The minimum Gasteiger partial charge on any atom is -0.466 e. The van der Waals surface area contributed by atoms with Crippen LogP contribution in [0.4, 0.5) is 0 Å². The van der Waals surface area contributed by atoms with Crippen LogP contribution >= 0.6 is 0 Å². The van der Waals surface area contributed by atoms with E-state index in [4.69, 9.17) is 9.47 Å². The number of aliphatic hydroxyl groups excluding tert-OH is 1. The molecular weight excluding hydrogens is 332 g/mol. The van der Waals surface area contributed by atoms with Crippen LogP contribution in [0.1, 0.15) is 66.2 Å². The fourth-order valence-corrected chi connectivity index (χ4v) is 3.89. The third-order valence-corrected chi connectivity index (χ3v) is 6.02. The molecule has 4 atom stereocenters. The molecule has 0 aromatic heterocycles. The molecule has 2 aliphatic heterocycles. The Labute approximate surface area is 157 Å². The highest BCUT2D eigenvalue weighted by Crippen LogP contribution is 2.46. The van der Waals surface area contributed by atoms with Crippen LogP contribution in [0.5, 0.6) is 0 Å². The van der Waals surface area contributed by atoms with Gasteiger partial charge in [0.05, 0.1) is 30.0 Å². The molecule has 0 saturated carbocycles. The maximum Gasteiger partial charge on any atom is 0.333 e. The maximum absolute atomic E-state index is 12.0. The quantitative estimate of drug-likeness (QED) is 0.579. The molecule has 2 aliphatic rings. The van der Waals surface area contributed by atoms with E-state index in [2.05, 4.69) is 13.8 Å². The van der Waals surface area contributed by atoms with Gasteiger partial charge in [-0.1, -0.05) is 32.1 Å². The summed E-state index contributed by atoms with van der Waals surface area (Å²) in [6.45, 7) is 7.92. The molecule has 148 valence electrons. The molecule has 0 radical (unpaired) electrons. The molecule has 26 heavy (non-hydrogen) atoms. The number of rotatable bonds is 2. The normalized spacial score (nSPS) is 42.2. The van der Waals surface area contributed by atoms with E-state index in [0.29, 0.717) is 31.3 Å². The molecule has 2 bridgehead atoms. The largest absolute Gasteiger partial charge is 0.466 e. The summed E-state index contributed by atoms with van der Waals surface area (Å²) in [6.07, 6.45) is 8.39. The van der Waals surface area contributed by atoms with Crippen LogP contribution in [-0.2, 0) is 14.3 Å². The summed E-state index contributed by atoms with van der Waals surface area (Å²) in [7, 11) is 1.36. The van der Waals surface area contributed by atoms with Crippen molar-refractivity contribution in [1.29, 1.82) is 0 Å². The monoisotopic (exact) mass is 366 g/mol. The number of esters is 1. The van der Waals surface area contributed by atoms with Crippen LogP contribution < -0.4 is 0 Å². The SMILES string of the molecule is COC(=O)/C1=C\CC[C@](C)(O)/C=C/[C@@]2(C(C)C)CC[C@](C)(O2)[C@@H](O)CC1. The first kappa shape index (κ1) is 21.1. The highest BCUT2D eigenvalue weighted by atomic mass is 16.5. The molecule has 2 N–H and O–H groups in total. The van der Waals surface area contributed by atoms with Crippen LogP contribution in [0.2, 0.25) is 0 Å². The average Bonchev–Trinajstić information content (AvgIpc) is 2.94. The summed E-state index contributed by atoms with van der Waals surface area (Å²) in [4.78, 5) is 12.0. The van der Waals surface area contributed by atoms with Gasteiger partial charge in [-0.05, 0) is 58.3 Å². The van der Waals surface area contributed by atoms with E-state index >= 15 is 0 Å². The van der Waals surface area contributed by atoms with Crippen molar-refractivity contribution in [3.8, 4) is 0 Å². The van der Waals surface area contributed by atoms with Crippen LogP contribution in [0, 0.1) is 5.92 Å². The maximum atomic E-state index is 12.0. The van der Waals surface area contributed by atoms with E-state index in [0.717, 1.165) is 12.8 Å². The fraction of sp³-hybridized carbons (Fsp3) is 0.762. The summed E-state index contributed by atoms with van der Waals surface area (Å²) in [5.74, 6) is -0.159. The van der Waals surface area contributed by atoms with E-state index in [1.807, 2.05) is 25.2 Å². The van der Waals surface area contributed by atoms with Crippen molar-refractivity contribution in [2.24, 2.45) is 5.92 Å². The van der Waals surface area contributed by atoms with Gasteiger partial charge in [-0.2, -0.15) is 0 Å². The zero-order valence-electron chi connectivity index (χ0n) is 16.7. The highest BCUT2D eigenvalue weighted by molar-refractivity contribution is 5.88. The lowest BCUT2D eigenvalue weighted by atomic mass is 9.83. The Kier molecular flexibility index (Phi) is 6.36. The molecule has 0 aromatic carbocycles. The van der Waals surface area contributed by atoms with Crippen molar-refractivity contribution in [2.75, 3.05) is 7.11 Å². The Morgan fingerprint density at radius 3 is 2.58 bits per heavy atom. The molecule has 1 fully saturated rings. The first-order chi connectivity index (χ1) is 12.0. The second-order valence-electron chi connectivity index (χ2n) is 8.53. The lowest BCUT2D eigenvalue weighted by molar-refractivity contribution is -0.146. The number of fused-ring (bicyclic) bond motifs is 2. The smallest absolute Gasteiger partial charge is 0.333 e. The predicted molar refractivity (Wildman–Crippen MR) is 101 cm³/mol. The summed E-state index contributed by atoms with van der Waals surface area (Å²) in [6, 6.07) is 0. The van der Waals surface area contributed by atoms with Gasteiger partial charge >= 0.3 is 5.97 Å². The van der Waals surface area contributed by atoms with Gasteiger partial charge < -0.3 is 19.7 Å². The van der Waals surface area contributed by atoms with Gasteiger partial charge in [0.15, 0.2) is 0 Å². The van der Waals surface area contributed by atoms with E-state index in [1.165, 1.54) is 7.11 Å². The fourth-order valence-electron chi connectivity index (χ4n) is 3.89. The van der Waals surface area contributed by atoms with E-state index in [-0.39, 0.29) is 11.9 Å². The number of aliphatic hydroxyl groups is 2. The van der Waals surface area contributed by atoms with Crippen molar-refractivity contribution in [2.45, 2.75) is 89.1 Å². The van der Waals surface area contributed by atoms with Gasteiger partial charge in [-0.3, -0.25) is 0 Å². The number of ether oxygens (including phenoxy) is 2. The molecule has 0 spiro atoms. The number of carbonyl (C=O) groups excluding carboxylic acids is 1. The zero-order valence-corrected chi connectivity index (χ0v) is 16.7. The van der Waals surface area contributed by atoms with Crippen molar-refractivity contribution < 1.29 is 24.5 Å². The molecule has 0 unspecified atom stereocenters. The number of hydrogen-bond donors (Lipinski definition) is 2. The minimum absolute atomic E-state index is 0.220. The van der Waals surface area contributed by atoms with Gasteiger partial charge in [-0.25, -0.2) is 4.79 Å². The molecule has 0 aliphatic carbocycles. The summed E-state index contributed by atoms with van der Waals surface area (Å²) in [5, 5.41) is 21.5. The lowest BCUT2D eigenvalue weighted by Gasteiger charge is -2.37. The second-order valence-corrected chi connectivity index (χ2v) is 8.53. The molecular formula is C21H34O5. The Bertz CT molecular complexity index is 577. The Morgan fingerprint density at radius 1 is 1.27 bits per heavy atom. The topological polar surface area (TPSA) is 76.0 Å². The molecule has 0 aromatic rings. The van der Waals surface area contributed by atoms with Crippen LogP contribution in [0.3, 0.4) is 0 Å². The lowest BCUT2D eigenvalue weighted by Crippen LogP contribution is -2.44. The van der Waals surface area contributed by atoms with E-state index in [9.17, 15) is 15.0 Å². The van der Waals surface area contributed by atoms with Gasteiger partial charge in [0.25, 0.3) is 0 Å². The predicted octanol–water partition coefficient (Wildman–Crippen LogP) is 3.29. The van der Waals surface area contributed by atoms with E-state index < -0.39 is 22.9 Å². The Morgan fingerprint density at radius 2 is 1.96 bits per heavy atom. The number of methoxy groups -OCH3 is 1. The molecule has 1 saturated heterocycles. The number of carbonyl (C=O) groups is 1. The number of allylic oxidation sites excluding steroid dienone is 1. The second kappa shape index (κ2) is 7.83. The van der Waals surface area contributed by atoms with E-state index in [1.54, 1.807) is 6.92 Å². The first-order valence-electron chi connectivity index (χ1n) is 9.62. The van der Waals surface area contributed by atoms with Crippen molar-refractivity contribution >= 4 is 5.97 Å². The minimum atomic E-state index is -0.991. The van der Waals surface area contributed by atoms with Gasteiger partial charge in [0.1, 0.15) is 0 Å². The molecule has 2 rings (SSSR count). The number of hydrogen-bond acceptors (Lipinski definition) is 5. The van der Waals surface area contributed by atoms with Gasteiger partial charge in [-0.15, -0.1) is 0 Å². The summed E-state index contributed by atoms with van der Waals surface area (Å²) in [5.41, 5.74) is -1.61.